The minimum atomic E-state index is -0.403. The molecule has 0 spiro atoms. The van der Waals surface area contributed by atoms with Crippen LogP contribution in [0.2, 0.25) is 0 Å². The molecule has 0 saturated carbocycles. The Morgan fingerprint density at radius 3 is 2.42 bits per heavy atom. The van der Waals surface area contributed by atoms with Crippen molar-refractivity contribution in [2.45, 2.75) is 6.92 Å². The maximum absolute atomic E-state index is 12.3. The molecule has 126 valence electrons. The first-order valence-corrected chi connectivity index (χ1v) is 7.49. The van der Waals surface area contributed by atoms with Gasteiger partial charge in [-0.15, -0.1) is 0 Å². The number of aromatic hydroxyl groups is 1. The van der Waals surface area contributed by atoms with E-state index in [0.29, 0.717) is 22.7 Å². The minimum Gasteiger partial charge on any atom is -0.506 e. The maximum Gasteiger partial charge on any atom is 0.257 e. The van der Waals surface area contributed by atoms with E-state index >= 15 is 0 Å². The second-order valence-electron chi connectivity index (χ2n) is 5.00. The van der Waals surface area contributed by atoms with Gasteiger partial charge in [0.25, 0.3) is 5.91 Å². The number of hydrogen-bond acceptors (Lipinski definition) is 5. The van der Waals surface area contributed by atoms with Crippen LogP contribution in [0.15, 0.2) is 36.4 Å². The molecule has 0 unspecified atom stereocenters. The number of hydrogen-bond donors (Lipinski definition) is 3. The summed E-state index contributed by atoms with van der Waals surface area (Å²) in [5.41, 5.74) is 1.70. The third-order valence-corrected chi connectivity index (χ3v) is 3.48. The zero-order chi connectivity index (χ0) is 17.7. The van der Waals surface area contributed by atoms with Crippen LogP contribution in [0.5, 0.6) is 17.2 Å². The normalized spacial score (nSPS) is 9.96. The summed E-state index contributed by atoms with van der Waals surface area (Å²) in [6, 6.07) is 9.89. The van der Waals surface area contributed by atoms with Gasteiger partial charge in [0.15, 0.2) is 16.6 Å². The van der Waals surface area contributed by atoms with Gasteiger partial charge in [-0.25, -0.2) is 0 Å². The largest absolute Gasteiger partial charge is 0.506 e. The van der Waals surface area contributed by atoms with Crippen LogP contribution in [0.3, 0.4) is 0 Å². The second-order valence-corrected chi connectivity index (χ2v) is 5.41. The molecule has 0 saturated heterocycles. The lowest BCUT2D eigenvalue weighted by Gasteiger charge is -2.12. The zero-order valence-corrected chi connectivity index (χ0v) is 14.4. The number of nitrogens with one attached hydrogen (secondary N) is 2. The van der Waals surface area contributed by atoms with Crippen molar-refractivity contribution in [2.24, 2.45) is 0 Å². The molecule has 0 bridgehead atoms. The van der Waals surface area contributed by atoms with Crippen LogP contribution < -0.4 is 20.1 Å². The number of anilines is 1. The molecular formula is C17H18N2O4S. The summed E-state index contributed by atoms with van der Waals surface area (Å²) < 4.78 is 10.3. The molecule has 2 aromatic rings. The second kappa shape index (κ2) is 7.65. The summed E-state index contributed by atoms with van der Waals surface area (Å²) in [6.07, 6.45) is 0. The van der Waals surface area contributed by atoms with Crippen LogP contribution in [0, 0.1) is 6.92 Å². The quantitative estimate of drug-likeness (QED) is 0.584. The third-order valence-electron chi connectivity index (χ3n) is 3.27. The van der Waals surface area contributed by atoms with E-state index in [-0.39, 0.29) is 10.9 Å². The topological polar surface area (TPSA) is 79.8 Å². The van der Waals surface area contributed by atoms with Gasteiger partial charge in [0, 0.05) is 5.56 Å². The number of phenols is 1. The first-order chi connectivity index (χ1) is 11.4. The molecule has 0 heterocycles. The Morgan fingerprint density at radius 1 is 1.08 bits per heavy atom. The lowest BCUT2D eigenvalue weighted by atomic mass is 10.2. The SMILES string of the molecule is COc1ccc(C(=O)NC(=S)Nc2ccc(C)cc2O)cc1OC. The Labute approximate surface area is 145 Å². The van der Waals surface area contributed by atoms with E-state index < -0.39 is 5.91 Å². The number of thiocarbonyl (C=S) groups is 1. The van der Waals surface area contributed by atoms with Crippen LogP contribution in [0.4, 0.5) is 5.69 Å². The van der Waals surface area contributed by atoms with Gasteiger partial charge in [-0.2, -0.15) is 0 Å². The first-order valence-electron chi connectivity index (χ1n) is 7.08. The fourth-order valence-electron chi connectivity index (χ4n) is 2.05. The molecule has 6 nitrogen and oxygen atoms in total. The molecule has 0 aliphatic carbocycles. The van der Waals surface area contributed by atoms with Gasteiger partial charge < -0.3 is 19.9 Å². The number of methoxy groups -OCH3 is 2. The summed E-state index contributed by atoms with van der Waals surface area (Å²) in [7, 11) is 3.01. The molecule has 0 radical (unpaired) electrons. The lowest BCUT2D eigenvalue weighted by molar-refractivity contribution is 0.0977. The van der Waals surface area contributed by atoms with Crippen LogP contribution in [0.1, 0.15) is 15.9 Å². The van der Waals surface area contributed by atoms with Crippen LogP contribution >= 0.6 is 12.2 Å². The predicted octanol–water partition coefficient (Wildman–Crippen LogP) is 2.84. The molecular weight excluding hydrogens is 328 g/mol. The van der Waals surface area contributed by atoms with Crippen molar-refractivity contribution in [3.8, 4) is 17.2 Å². The molecule has 0 atom stereocenters. The van der Waals surface area contributed by atoms with Gasteiger partial charge in [0.05, 0.1) is 19.9 Å². The van der Waals surface area contributed by atoms with Gasteiger partial charge in [0.1, 0.15) is 5.75 Å². The molecule has 2 rings (SSSR count). The maximum atomic E-state index is 12.3. The fraction of sp³-hybridized carbons (Fsp3) is 0.176. The Kier molecular flexibility index (Phi) is 5.59. The van der Waals surface area contributed by atoms with Gasteiger partial charge in [0.2, 0.25) is 0 Å². The monoisotopic (exact) mass is 346 g/mol. The average Bonchev–Trinajstić information content (AvgIpc) is 2.56. The summed E-state index contributed by atoms with van der Waals surface area (Å²) in [5, 5.41) is 15.3. The van der Waals surface area contributed by atoms with Crippen LogP contribution in [-0.2, 0) is 0 Å². The van der Waals surface area contributed by atoms with E-state index in [1.807, 2.05) is 13.0 Å². The Balaban J connectivity index is 2.07. The minimum absolute atomic E-state index is 0.0534. The summed E-state index contributed by atoms with van der Waals surface area (Å²) in [5.74, 6) is 0.623. The predicted molar refractivity (Wildman–Crippen MR) is 96.1 cm³/mol. The highest BCUT2D eigenvalue weighted by Crippen LogP contribution is 2.27. The van der Waals surface area contributed by atoms with Crippen molar-refractivity contribution in [3.63, 3.8) is 0 Å². The number of carbonyl (C=O) groups excluding carboxylic acids is 1. The third kappa shape index (κ3) is 4.14. The molecule has 2 aromatic carbocycles. The number of ether oxygens (including phenoxy) is 2. The van der Waals surface area contributed by atoms with Crippen LogP contribution in [0.25, 0.3) is 0 Å². The molecule has 0 aromatic heterocycles. The molecule has 3 N–H and O–H groups in total. The molecule has 1 amide bonds. The van der Waals surface area contributed by atoms with E-state index in [1.165, 1.54) is 14.2 Å². The Morgan fingerprint density at radius 2 is 1.79 bits per heavy atom. The van der Waals surface area contributed by atoms with E-state index in [0.717, 1.165) is 5.56 Å². The number of carbonyl (C=O) groups is 1. The number of rotatable bonds is 4. The summed E-state index contributed by atoms with van der Waals surface area (Å²) in [4.78, 5) is 12.3. The van der Waals surface area contributed by atoms with Crippen molar-refractivity contribution in [3.05, 3.63) is 47.5 Å². The fourth-order valence-corrected chi connectivity index (χ4v) is 2.26. The summed E-state index contributed by atoms with van der Waals surface area (Å²) in [6.45, 7) is 1.86. The van der Waals surface area contributed by atoms with Crippen molar-refractivity contribution in [1.29, 1.82) is 0 Å². The van der Waals surface area contributed by atoms with Gasteiger partial charge in [-0.1, -0.05) is 6.07 Å². The molecule has 0 fully saturated rings. The van der Waals surface area contributed by atoms with Crippen LogP contribution in [-0.4, -0.2) is 30.3 Å². The van der Waals surface area contributed by atoms with Gasteiger partial charge in [-0.05, 0) is 55.0 Å². The highest BCUT2D eigenvalue weighted by Gasteiger charge is 2.13. The standard InChI is InChI=1S/C17H18N2O4S/c1-10-4-6-12(13(20)8-10)18-17(24)19-16(21)11-5-7-14(22-2)15(9-11)23-3/h4-9,20H,1-3H3,(H2,18,19,21,24). The number of benzene rings is 2. The number of aryl methyl sites for hydroxylation is 1. The van der Waals surface area contributed by atoms with Crippen molar-refractivity contribution in [1.82, 2.24) is 5.32 Å². The highest BCUT2D eigenvalue weighted by molar-refractivity contribution is 7.80. The van der Waals surface area contributed by atoms with Gasteiger partial charge in [-0.3, -0.25) is 10.1 Å². The van der Waals surface area contributed by atoms with Crippen molar-refractivity contribution in [2.75, 3.05) is 19.5 Å². The molecule has 7 heteroatoms. The van der Waals surface area contributed by atoms with Crippen molar-refractivity contribution < 1.29 is 19.4 Å². The van der Waals surface area contributed by atoms with Gasteiger partial charge >= 0.3 is 0 Å². The number of phenolic OH excluding ortho intramolecular Hbond substituents is 1. The van der Waals surface area contributed by atoms with E-state index in [4.69, 9.17) is 21.7 Å². The summed E-state index contributed by atoms with van der Waals surface area (Å²) >= 11 is 5.10. The number of amides is 1. The Hall–Kier alpha value is -2.80. The zero-order valence-electron chi connectivity index (χ0n) is 13.5. The highest BCUT2D eigenvalue weighted by atomic mass is 32.1. The molecule has 0 aliphatic heterocycles. The average molecular weight is 346 g/mol. The smallest absolute Gasteiger partial charge is 0.257 e. The van der Waals surface area contributed by atoms with Crippen molar-refractivity contribution >= 4 is 28.9 Å². The molecule has 0 aliphatic rings. The van der Waals surface area contributed by atoms with E-state index in [1.54, 1.807) is 30.3 Å². The first kappa shape index (κ1) is 17.6. The van der Waals surface area contributed by atoms with E-state index in [9.17, 15) is 9.90 Å². The van der Waals surface area contributed by atoms with E-state index in [2.05, 4.69) is 10.6 Å². The lowest BCUT2D eigenvalue weighted by Crippen LogP contribution is -2.34. The molecule has 24 heavy (non-hydrogen) atoms. The Bertz CT molecular complexity index is 777.